The van der Waals surface area contributed by atoms with E-state index in [9.17, 15) is 14.0 Å². The normalized spacial score (nSPS) is 11.5. The summed E-state index contributed by atoms with van der Waals surface area (Å²) in [6.45, 7) is 0.518. The SMILES string of the molecule is O=C(NCc1ccccc1)[C@H](Cc1ccccc1)N(Cc1ccc(F)cc1)C(=O)Cc1ccc(Cl)cc1. The lowest BCUT2D eigenvalue weighted by atomic mass is 10.0. The smallest absolute Gasteiger partial charge is 0.243 e. The maximum atomic E-state index is 13.7. The lowest BCUT2D eigenvalue weighted by molar-refractivity contribution is -0.140. The van der Waals surface area contributed by atoms with Gasteiger partial charge >= 0.3 is 0 Å². The van der Waals surface area contributed by atoms with Gasteiger partial charge in [-0.15, -0.1) is 0 Å². The van der Waals surface area contributed by atoms with Crippen LogP contribution < -0.4 is 5.32 Å². The number of carbonyl (C=O) groups excluding carboxylic acids is 2. The zero-order valence-corrected chi connectivity index (χ0v) is 21.1. The average molecular weight is 515 g/mol. The molecule has 4 rings (SSSR count). The zero-order chi connectivity index (χ0) is 26.0. The van der Waals surface area contributed by atoms with Crippen molar-refractivity contribution in [1.82, 2.24) is 10.2 Å². The third kappa shape index (κ3) is 7.76. The molecule has 37 heavy (non-hydrogen) atoms. The van der Waals surface area contributed by atoms with Crippen LogP contribution >= 0.6 is 11.6 Å². The van der Waals surface area contributed by atoms with Crippen molar-refractivity contribution < 1.29 is 14.0 Å². The first-order valence-electron chi connectivity index (χ1n) is 12.1. The van der Waals surface area contributed by atoms with Gasteiger partial charge in [0.25, 0.3) is 0 Å². The van der Waals surface area contributed by atoms with Gasteiger partial charge in [0.1, 0.15) is 11.9 Å². The maximum Gasteiger partial charge on any atom is 0.243 e. The fourth-order valence-corrected chi connectivity index (χ4v) is 4.25. The van der Waals surface area contributed by atoms with Crippen LogP contribution in [0.15, 0.2) is 109 Å². The Morgan fingerprint density at radius 3 is 1.92 bits per heavy atom. The molecule has 0 saturated carbocycles. The molecule has 0 aromatic heterocycles. The highest BCUT2D eigenvalue weighted by Crippen LogP contribution is 2.18. The van der Waals surface area contributed by atoms with Crippen molar-refractivity contribution in [3.63, 3.8) is 0 Å². The third-order valence-electron chi connectivity index (χ3n) is 6.12. The number of benzene rings is 4. The molecule has 0 spiro atoms. The van der Waals surface area contributed by atoms with Gasteiger partial charge in [0.2, 0.25) is 11.8 Å². The van der Waals surface area contributed by atoms with Crippen LogP contribution in [0.25, 0.3) is 0 Å². The predicted octanol–water partition coefficient (Wildman–Crippen LogP) is 5.98. The molecule has 1 N–H and O–H groups in total. The maximum absolute atomic E-state index is 13.7. The number of rotatable bonds is 10. The molecule has 4 nitrogen and oxygen atoms in total. The van der Waals surface area contributed by atoms with E-state index in [-0.39, 0.29) is 30.6 Å². The fourth-order valence-electron chi connectivity index (χ4n) is 4.12. The van der Waals surface area contributed by atoms with Crippen LogP contribution in [0.3, 0.4) is 0 Å². The predicted molar refractivity (Wildman–Crippen MR) is 144 cm³/mol. The quantitative estimate of drug-likeness (QED) is 0.283. The Morgan fingerprint density at radius 1 is 0.730 bits per heavy atom. The van der Waals surface area contributed by atoms with Crippen LogP contribution in [0.1, 0.15) is 22.3 Å². The van der Waals surface area contributed by atoms with Crippen LogP contribution in [0.4, 0.5) is 4.39 Å². The molecular weight excluding hydrogens is 487 g/mol. The van der Waals surface area contributed by atoms with Crippen LogP contribution in [-0.4, -0.2) is 22.8 Å². The second-order valence-corrected chi connectivity index (χ2v) is 9.30. The average Bonchev–Trinajstić information content (AvgIpc) is 2.92. The van der Waals surface area contributed by atoms with Crippen molar-refractivity contribution in [2.24, 2.45) is 0 Å². The van der Waals surface area contributed by atoms with Gasteiger partial charge in [-0.3, -0.25) is 9.59 Å². The summed E-state index contributed by atoms with van der Waals surface area (Å²) in [7, 11) is 0. The van der Waals surface area contributed by atoms with Gasteiger partial charge in [0, 0.05) is 24.5 Å². The Bertz CT molecular complexity index is 1300. The number of hydrogen-bond acceptors (Lipinski definition) is 2. The molecule has 0 aliphatic carbocycles. The highest BCUT2D eigenvalue weighted by molar-refractivity contribution is 6.30. The molecule has 0 radical (unpaired) electrons. The van der Waals surface area contributed by atoms with E-state index in [4.69, 9.17) is 11.6 Å². The molecule has 0 fully saturated rings. The molecule has 4 aromatic carbocycles. The van der Waals surface area contributed by atoms with E-state index >= 15 is 0 Å². The first-order valence-corrected chi connectivity index (χ1v) is 12.5. The van der Waals surface area contributed by atoms with Gasteiger partial charge in [-0.2, -0.15) is 0 Å². The molecule has 4 aromatic rings. The number of nitrogens with one attached hydrogen (secondary N) is 1. The summed E-state index contributed by atoms with van der Waals surface area (Å²) in [6, 6.07) is 31.6. The van der Waals surface area contributed by atoms with Crippen molar-refractivity contribution in [2.45, 2.75) is 32.0 Å². The molecule has 1 atom stereocenters. The lowest BCUT2D eigenvalue weighted by Gasteiger charge is -2.32. The highest BCUT2D eigenvalue weighted by atomic mass is 35.5. The Morgan fingerprint density at radius 2 is 1.30 bits per heavy atom. The summed E-state index contributed by atoms with van der Waals surface area (Å²) in [6.07, 6.45) is 0.449. The molecule has 0 heterocycles. The standard InChI is InChI=1S/C31H28ClFN2O2/c32-27-15-11-24(12-16-27)20-30(36)35(22-26-13-17-28(33)18-14-26)29(19-23-7-3-1-4-8-23)31(37)34-21-25-9-5-2-6-10-25/h1-18,29H,19-22H2,(H,34,37)/t29-/m0/s1. The second-order valence-electron chi connectivity index (χ2n) is 8.86. The number of nitrogens with zero attached hydrogens (tertiary/aromatic N) is 1. The molecule has 6 heteroatoms. The van der Waals surface area contributed by atoms with E-state index in [0.717, 1.165) is 22.3 Å². The molecule has 0 aliphatic rings. The monoisotopic (exact) mass is 514 g/mol. The Hall–Kier alpha value is -3.96. The summed E-state index contributed by atoms with van der Waals surface area (Å²) >= 11 is 6.02. The van der Waals surface area contributed by atoms with Gasteiger partial charge in [0.15, 0.2) is 0 Å². The van der Waals surface area contributed by atoms with E-state index in [1.165, 1.54) is 12.1 Å². The second kappa shape index (κ2) is 12.8. The number of hydrogen-bond donors (Lipinski definition) is 1. The van der Waals surface area contributed by atoms with Crippen LogP contribution in [0, 0.1) is 5.82 Å². The van der Waals surface area contributed by atoms with E-state index in [1.807, 2.05) is 60.7 Å². The Balaban J connectivity index is 1.64. The summed E-state index contributed by atoms with van der Waals surface area (Å²) in [5.74, 6) is -0.814. The number of carbonyl (C=O) groups is 2. The fraction of sp³-hybridized carbons (Fsp3) is 0.161. The largest absolute Gasteiger partial charge is 0.350 e. The minimum Gasteiger partial charge on any atom is -0.350 e. The number of halogens is 2. The Kier molecular flexibility index (Phi) is 9.06. The van der Waals surface area contributed by atoms with E-state index in [1.54, 1.807) is 41.3 Å². The summed E-state index contributed by atoms with van der Waals surface area (Å²) in [4.78, 5) is 28.9. The topological polar surface area (TPSA) is 49.4 Å². The van der Waals surface area contributed by atoms with Crippen molar-refractivity contribution in [1.29, 1.82) is 0 Å². The first-order chi connectivity index (χ1) is 18.0. The van der Waals surface area contributed by atoms with Crippen molar-refractivity contribution in [2.75, 3.05) is 0 Å². The van der Waals surface area contributed by atoms with Crippen molar-refractivity contribution >= 4 is 23.4 Å². The van der Waals surface area contributed by atoms with Crippen molar-refractivity contribution in [3.05, 3.63) is 142 Å². The van der Waals surface area contributed by atoms with E-state index in [0.29, 0.717) is 18.0 Å². The molecule has 0 saturated heterocycles. The molecule has 0 unspecified atom stereocenters. The summed E-state index contributed by atoms with van der Waals surface area (Å²) in [5, 5.41) is 3.60. The molecular formula is C31H28ClFN2O2. The minimum atomic E-state index is -0.768. The first kappa shape index (κ1) is 26.1. The van der Waals surface area contributed by atoms with Crippen LogP contribution in [0.2, 0.25) is 5.02 Å². The van der Waals surface area contributed by atoms with Crippen LogP contribution in [0.5, 0.6) is 0 Å². The third-order valence-corrected chi connectivity index (χ3v) is 6.37. The van der Waals surface area contributed by atoms with E-state index < -0.39 is 6.04 Å². The number of amides is 2. The van der Waals surface area contributed by atoms with Crippen molar-refractivity contribution in [3.8, 4) is 0 Å². The highest BCUT2D eigenvalue weighted by Gasteiger charge is 2.30. The van der Waals surface area contributed by atoms with E-state index in [2.05, 4.69) is 5.32 Å². The zero-order valence-electron chi connectivity index (χ0n) is 20.3. The summed E-state index contributed by atoms with van der Waals surface area (Å²) < 4.78 is 13.6. The van der Waals surface area contributed by atoms with Gasteiger partial charge in [0.05, 0.1) is 6.42 Å². The van der Waals surface area contributed by atoms with Gasteiger partial charge in [-0.05, 0) is 46.5 Å². The minimum absolute atomic E-state index is 0.107. The molecule has 0 bridgehead atoms. The Labute approximate surface area is 221 Å². The molecule has 0 aliphatic heterocycles. The lowest BCUT2D eigenvalue weighted by Crippen LogP contribution is -2.50. The molecule has 188 valence electrons. The van der Waals surface area contributed by atoms with Crippen LogP contribution in [-0.2, 0) is 35.5 Å². The molecule has 2 amide bonds. The summed E-state index contributed by atoms with van der Waals surface area (Å²) in [5.41, 5.74) is 3.43. The van der Waals surface area contributed by atoms with Gasteiger partial charge in [-0.25, -0.2) is 4.39 Å². The van der Waals surface area contributed by atoms with Gasteiger partial charge in [-0.1, -0.05) is 96.5 Å². The van der Waals surface area contributed by atoms with Gasteiger partial charge < -0.3 is 10.2 Å².